The lowest BCUT2D eigenvalue weighted by Gasteiger charge is -2.14. The molecule has 0 radical (unpaired) electrons. The zero-order valence-electron chi connectivity index (χ0n) is 12.5. The first-order valence-corrected chi connectivity index (χ1v) is 7.11. The van der Waals surface area contributed by atoms with Gasteiger partial charge in [0.2, 0.25) is 0 Å². The Labute approximate surface area is 128 Å². The molecule has 3 rings (SSSR count). The first-order chi connectivity index (χ1) is 10.6. The van der Waals surface area contributed by atoms with Crippen molar-refractivity contribution in [1.82, 2.24) is 9.61 Å². The summed E-state index contributed by atoms with van der Waals surface area (Å²) in [5.41, 5.74) is 3.21. The van der Waals surface area contributed by atoms with E-state index in [9.17, 15) is 4.79 Å². The minimum absolute atomic E-state index is 0.316. The molecule has 1 atom stereocenters. The minimum Gasteiger partial charge on any atom is -0.441 e. The van der Waals surface area contributed by atoms with Crippen molar-refractivity contribution in [3.05, 3.63) is 66.0 Å². The van der Waals surface area contributed by atoms with Crippen molar-refractivity contribution < 1.29 is 9.53 Å². The number of aromatic nitrogens is 2. The summed E-state index contributed by atoms with van der Waals surface area (Å²) < 4.78 is 7.15. The number of carbonyl (C=O) groups excluding carboxylic acids is 1. The molecule has 0 saturated heterocycles. The van der Waals surface area contributed by atoms with Crippen LogP contribution in [0.25, 0.3) is 5.52 Å². The highest BCUT2D eigenvalue weighted by molar-refractivity contribution is 5.91. The summed E-state index contributed by atoms with van der Waals surface area (Å²) >= 11 is 0. The molecule has 0 bridgehead atoms. The van der Waals surface area contributed by atoms with Gasteiger partial charge in [-0.15, -0.1) is 0 Å². The summed E-state index contributed by atoms with van der Waals surface area (Å²) in [5.74, 6) is 0. The summed E-state index contributed by atoms with van der Waals surface area (Å²) in [6, 6.07) is 15.3. The number of hydrogen-bond acceptors (Lipinski definition) is 3. The monoisotopic (exact) mass is 295 g/mol. The summed E-state index contributed by atoms with van der Waals surface area (Å²) in [4.78, 5) is 12.1. The highest BCUT2D eigenvalue weighted by Crippen LogP contribution is 2.22. The Morgan fingerprint density at radius 2 is 1.91 bits per heavy atom. The van der Waals surface area contributed by atoms with Gasteiger partial charge in [0.15, 0.2) is 0 Å². The van der Waals surface area contributed by atoms with E-state index in [0.29, 0.717) is 5.69 Å². The van der Waals surface area contributed by atoms with Crippen molar-refractivity contribution in [1.29, 1.82) is 0 Å². The Balaban J connectivity index is 1.75. The predicted octanol–water partition coefficient (Wildman–Crippen LogP) is 3.95. The number of rotatable bonds is 3. The van der Waals surface area contributed by atoms with E-state index in [2.05, 4.69) is 10.4 Å². The van der Waals surface area contributed by atoms with Crippen molar-refractivity contribution in [3.63, 3.8) is 0 Å². The van der Waals surface area contributed by atoms with Crippen molar-refractivity contribution in [2.45, 2.75) is 20.0 Å². The van der Waals surface area contributed by atoms with Crippen LogP contribution in [0.5, 0.6) is 0 Å². The average molecular weight is 295 g/mol. The zero-order chi connectivity index (χ0) is 15.5. The van der Waals surface area contributed by atoms with Crippen LogP contribution in [-0.4, -0.2) is 15.7 Å². The maximum Gasteiger partial charge on any atom is 0.412 e. The van der Waals surface area contributed by atoms with Crippen molar-refractivity contribution in [2.75, 3.05) is 5.32 Å². The van der Waals surface area contributed by atoms with E-state index in [4.69, 9.17) is 4.74 Å². The van der Waals surface area contributed by atoms with Crippen LogP contribution in [0, 0.1) is 6.92 Å². The van der Waals surface area contributed by atoms with E-state index in [1.165, 1.54) is 0 Å². The molecule has 5 nitrogen and oxygen atoms in total. The van der Waals surface area contributed by atoms with Gasteiger partial charge in [-0.3, -0.25) is 5.32 Å². The second kappa shape index (κ2) is 5.89. The fourth-order valence-corrected chi connectivity index (χ4v) is 2.36. The number of carbonyl (C=O) groups is 1. The predicted molar refractivity (Wildman–Crippen MR) is 84.9 cm³/mol. The first kappa shape index (κ1) is 14.1. The lowest BCUT2D eigenvalue weighted by Crippen LogP contribution is -2.16. The van der Waals surface area contributed by atoms with Crippen LogP contribution in [0.1, 0.15) is 24.3 Å². The van der Waals surface area contributed by atoms with Crippen LogP contribution < -0.4 is 5.32 Å². The Kier molecular flexibility index (Phi) is 3.78. The van der Waals surface area contributed by atoms with E-state index in [0.717, 1.165) is 16.8 Å². The third-order valence-electron chi connectivity index (χ3n) is 3.49. The van der Waals surface area contributed by atoms with Gasteiger partial charge < -0.3 is 4.74 Å². The van der Waals surface area contributed by atoms with Gasteiger partial charge in [-0.1, -0.05) is 36.4 Å². The van der Waals surface area contributed by atoms with E-state index in [-0.39, 0.29) is 6.10 Å². The number of nitrogens with one attached hydrogen (secondary N) is 1. The van der Waals surface area contributed by atoms with E-state index in [1.54, 1.807) is 4.52 Å². The molecule has 1 N–H and O–H groups in total. The second-order valence-corrected chi connectivity index (χ2v) is 5.07. The number of anilines is 1. The number of ether oxygens (including phenoxy) is 1. The van der Waals surface area contributed by atoms with Crippen LogP contribution in [0.2, 0.25) is 0 Å². The molecule has 1 amide bonds. The fraction of sp³-hybridized carbons (Fsp3) is 0.176. The lowest BCUT2D eigenvalue weighted by molar-refractivity contribution is 0.121. The normalized spacial score (nSPS) is 12.1. The largest absolute Gasteiger partial charge is 0.441 e. The molecule has 5 heteroatoms. The second-order valence-electron chi connectivity index (χ2n) is 5.07. The molecule has 0 aliphatic carbocycles. The Hall–Kier alpha value is -2.82. The maximum atomic E-state index is 12.1. The Bertz CT molecular complexity index is 796. The molecular weight excluding hydrogens is 278 g/mol. The number of fused-ring (bicyclic) bond motifs is 1. The smallest absolute Gasteiger partial charge is 0.412 e. The third-order valence-corrected chi connectivity index (χ3v) is 3.49. The van der Waals surface area contributed by atoms with Gasteiger partial charge in [0.05, 0.1) is 16.9 Å². The Morgan fingerprint density at radius 3 is 2.68 bits per heavy atom. The molecule has 0 aliphatic heterocycles. The quantitative estimate of drug-likeness (QED) is 0.796. The highest BCUT2D eigenvalue weighted by atomic mass is 16.6. The summed E-state index contributed by atoms with van der Waals surface area (Å²) in [6.07, 6.45) is 1.03. The molecule has 22 heavy (non-hydrogen) atoms. The lowest BCUT2D eigenvalue weighted by atomic mass is 10.1. The van der Waals surface area contributed by atoms with Gasteiger partial charge in [-0.05, 0) is 31.5 Å². The van der Waals surface area contributed by atoms with Gasteiger partial charge in [0.1, 0.15) is 6.10 Å². The number of pyridine rings is 1. The van der Waals surface area contributed by atoms with Crippen LogP contribution in [-0.2, 0) is 4.74 Å². The van der Waals surface area contributed by atoms with Gasteiger partial charge in [-0.25, -0.2) is 9.31 Å². The van der Waals surface area contributed by atoms with E-state index in [1.807, 2.05) is 68.6 Å². The molecule has 0 fully saturated rings. The van der Waals surface area contributed by atoms with Crippen LogP contribution in [0.3, 0.4) is 0 Å². The van der Waals surface area contributed by atoms with Crippen LogP contribution in [0.15, 0.2) is 54.7 Å². The van der Waals surface area contributed by atoms with Crippen LogP contribution in [0.4, 0.5) is 10.5 Å². The topological polar surface area (TPSA) is 55.6 Å². The van der Waals surface area contributed by atoms with Crippen molar-refractivity contribution in [2.24, 2.45) is 0 Å². The Morgan fingerprint density at radius 1 is 1.18 bits per heavy atom. The number of nitrogens with zero attached hydrogens (tertiary/aromatic N) is 2. The number of aryl methyl sites for hydroxylation is 1. The molecule has 0 aliphatic rings. The SMILES string of the molecule is Cc1nn2ccccc2c1NC(=O)OC(C)c1ccccc1. The summed E-state index contributed by atoms with van der Waals surface area (Å²) in [7, 11) is 0. The van der Waals surface area contributed by atoms with Gasteiger partial charge in [-0.2, -0.15) is 5.10 Å². The maximum absolute atomic E-state index is 12.1. The average Bonchev–Trinajstić information content (AvgIpc) is 2.84. The number of amides is 1. The summed E-state index contributed by atoms with van der Waals surface area (Å²) in [6.45, 7) is 3.70. The van der Waals surface area contributed by atoms with Gasteiger partial charge in [0.25, 0.3) is 0 Å². The minimum atomic E-state index is -0.488. The fourth-order valence-electron chi connectivity index (χ4n) is 2.36. The molecule has 2 heterocycles. The molecule has 1 aromatic carbocycles. The van der Waals surface area contributed by atoms with Crippen molar-refractivity contribution >= 4 is 17.3 Å². The molecule has 2 aromatic heterocycles. The van der Waals surface area contributed by atoms with E-state index < -0.39 is 6.09 Å². The molecule has 0 spiro atoms. The van der Waals surface area contributed by atoms with Gasteiger partial charge >= 0.3 is 6.09 Å². The zero-order valence-corrected chi connectivity index (χ0v) is 12.5. The number of hydrogen-bond donors (Lipinski definition) is 1. The van der Waals surface area contributed by atoms with Gasteiger partial charge in [0, 0.05) is 6.20 Å². The highest BCUT2D eigenvalue weighted by Gasteiger charge is 2.15. The summed E-state index contributed by atoms with van der Waals surface area (Å²) in [5, 5.41) is 7.14. The molecule has 1 unspecified atom stereocenters. The first-order valence-electron chi connectivity index (χ1n) is 7.11. The van der Waals surface area contributed by atoms with Crippen LogP contribution >= 0.6 is 0 Å². The number of benzene rings is 1. The molecule has 3 aromatic rings. The molecule has 112 valence electrons. The van der Waals surface area contributed by atoms with E-state index >= 15 is 0 Å². The van der Waals surface area contributed by atoms with Crippen molar-refractivity contribution in [3.8, 4) is 0 Å². The molecule has 0 saturated carbocycles. The third kappa shape index (κ3) is 2.79. The standard InChI is InChI=1S/C17H17N3O2/c1-12-16(15-10-6-7-11-20(15)19-12)18-17(21)22-13(2)14-8-4-3-5-9-14/h3-11,13H,1-2H3,(H,18,21). The molecular formula is C17H17N3O2.